The van der Waals surface area contributed by atoms with E-state index in [0.29, 0.717) is 34.8 Å². The third-order valence-corrected chi connectivity index (χ3v) is 5.26. The summed E-state index contributed by atoms with van der Waals surface area (Å²) in [6, 6.07) is 11.2. The Morgan fingerprint density at radius 2 is 1.74 bits per heavy atom. The number of carbonyl (C=O) groups is 1. The minimum Gasteiger partial charge on any atom is -0.343 e. The van der Waals surface area contributed by atoms with Crippen molar-refractivity contribution in [2.24, 2.45) is 0 Å². The summed E-state index contributed by atoms with van der Waals surface area (Å²) in [6.45, 7) is 5.34. The zero-order valence-electron chi connectivity index (χ0n) is 15.2. The topological polar surface area (TPSA) is 63.9 Å². The van der Waals surface area contributed by atoms with Crippen LogP contribution in [0.4, 0.5) is 0 Å². The summed E-state index contributed by atoms with van der Waals surface area (Å²) in [4.78, 5) is 18.2. The maximum atomic E-state index is 12.4. The van der Waals surface area contributed by atoms with Gasteiger partial charge in [0.2, 0.25) is 5.91 Å². The highest BCUT2D eigenvalue weighted by atomic mass is 35.5. The smallest absolute Gasteiger partial charge is 0.233 e. The molecule has 0 bridgehead atoms. The highest BCUT2D eigenvalue weighted by Crippen LogP contribution is 2.28. The van der Waals surface area contributed by atoms with E-state index in [1.807, 2.05) is 54.8 Å². The van der Waals surface area contributed by atoms with Crippen LogP contribution in [0.1, 0.15) is 13.8 Å². The van der Waals surface area contributed by atoms with Crippen molar-refractivity contribution in [2.75, 3.05) is 18.8 Å². The van der Waals surface area contributed by atoms with Gasteiger partial charge in [0.05, 0.1) is 5.75 Å². The third kappa shape index (κ3) is 4.48. The number of halogens is 1. The van der Waals surface area contributed by atoms with Crippen LogP contribution in [0, 0.1) is 0 Å². The van der Waals surface area contributed by atoms with Gasteiger partial charge in [-0.15, -0.1) is 10.2 Å². The lowest BCUT2D eigenvalue weighted by molar-refractivity contribution is -0.127. The van der Waals surface area contributed by atoms with E-state index in [4.69, 9.17) is 11.6 Å². The van der Waals surface area contributed by atoms with Crippen LogP contribution < -0.4 is 0 Å². The summed E-state index contributed by atoms with van der Waals surface area (Å²) in [5.41, 5.74) is 1.78. The summed E-state index contributed by atoms with van der Waals surface area (Å²) in [7, 11) is 0. The molecular weight excluding hydrogens is 382 g/mol. The fourth-order valence-corrected chi connectivity index (χ4v) is 3.65. The van der Waals surface area contributed by atoms with Crippen molar-refractivity contribution in [1.29, 1.82) is 0 Å². The molecule has 8 heteroatoms. The van der Waals surface area contributed by atoms with Crippen molar-refractivity contribution in [3.05, 3.63) is 53.8 Å². The van der Waals surface area contributed by atoms with Crippen LogP contribution in [0.2, 0.25) is 5.02 Å². The molecule has 140 valence electrons. The molecule has 0 N–H and O–H groups in total. The van der Waals surface area contributed by atoms with Crippen LogP contribution in [0.5, 0.6) is 0 Å². The number of aromatic nitrogens is 4. The zero-order chi connectivity index (χ0) is 19.2. The van der Waals surface area contributed by atoms with E-state index in [0.717, 1.165) is 11.3 Å². The summed E-state index contributed by atoms with van der Waals surface area (Å²) in [6.07, 6.45) is 3.43. The molecule has 3 rings (SSSR count). The van der Waals surface area contributed by atoms with Gasteiger partial charge in [-0.2, -0.15) is 0 Å². The second kappa shape index (κ2) is 9.01. The number of hydrogen-bond donors (Lipinski definition) is 0. The number of thioether (sulfide) groups is 1. The van der Waals surface area contributed by atoms with Gasteiger partial charge in [-0.25, -0.2) is 0 Å². The van der Waals surface area contributed by atoms with Gasteiger partial charge in [0, 0.05) is 41.8 Å². The van der Waals surface area contributed by atoms with Crippen molar-refractivity contribution in [1.82, 2.24) is 24.6 Å². The standard InChI is InChI=1S/C19H20ClN5OS/c1-3-24(4-2)17(26)13-27-19-23-22-18(14-9-11-21-12-10-14)25(19)16-7-5-15(20)6-8-16/h5-12H,3-4,13H2,1-2H3. The van der Waals surface area contributed by atoms with Gasteiger partial charge in [-0.1, -0.05) is 23.4 Å². The van der Waals surface area contributed by atoms with Crippen molar-refractivity contribution in [2.45, 2.75) is 19.0 Å². The largest absolute Gasteiger partial charge is 0.343 e. The van der Waals surface area contributed by atoms with Gasteiger partial charge in [0.15, 0.2) is 11.0 Å². The quantitative estimate of drug-likeness (QED) is 0.561. The highest BCUT2D eigenvalue weighted by molar-refractivity contribution is 7.99. The van der Waals surface area contributed by atoms with Crippen LogP contribution in [0.3, 0.4) is 0 Å². The Balaban J connectivity index is 1.95. The fraction of sp³-hybridized carbons (Fsp3) is 0.263. The van der Waals surface area contributed by atoms with Crippen LogP contribution in [-0.2, 0) is 4.79 Å². The normalized spacial score (nSPS) is 10.8. The molecule has 1 aromatic carbocycles. The molecule has 2 heterocycles. The van der Waals surface area contributed by atoms with Gasteiger partial charge >= 0.3 is 0 Å². The molecular formula is C19H20ClN5OS. The molecule has 6 nitrogen and oxygen atoms in total. The Morgan fingerprint density at radius 1 is 1.07 bits per heavy atom. The van der Waals surface area contributed by atoms with E-state index >= 15 is 0 Å². The molecule has 0 spiro atoms. The van der Waals surface area contributed by atoms with E-state index in [1.165, 1.54) is 11.8 Å². The van der Waals surface area contributed by atoms with Gasteiger partial charge in [-0.05, 0) is 50.2 Å². The van der Waals surface area contributed by atoms with Crippen LogP contribution in [-0.4, -0.2) is 49.4 Å². The molecule has 0 atom stereocenters. The molecule has 3 aromatic rings. The van der Waals surface area contributed by atoms with Crippen molar-refractivity contribution >= 4 is 29.3 Å². The SMILES string of the molecule is CCN(CC)C(=O)CSc1nnc(-c2ccncc2)n1-c1ccc(Cl)cc1. The number of rotatable bonds is 7. The van der Waals surface area contributed by atoms with E-state index in [2.05, 4.69) is 15.2 Å². The lowest BCUT2D eigenvalue weighted by atomic mass is 10.2. The maximum absolute atomic E-state index is 12.4. The molecule has 0 radical (unpaired) electrons. The van der Waals surface area contributed by atoms with Gasteiger partial charge in [0.1, 0.15) is 0 Å². The number of pyridine rings is 1. The third-order valence-electron chi connectivity index (χ3n) is 4.10. The first kappa shape index (κ1) is 19.4. The molecule has 1 amide bonds. The van der Waals surface area contributed by atoms with Crippen LogP contribution in [0.15, 0.2) is 53.9 Å². The predicted molar refractivity (Wildman–Crippen MR) is 108 cm³/mol. The molecule has 0 saturated heterocycles. The van der Waals surface area contributed by atoms with Gasteiger partial charge < -0.3 is 4.90 Å². The molecule has 2 aromatic heterocycles. The number of carbonyl (C=O) groups excluding carboxylic acids is 1. The monoisotopic (exact) mass is 401 g/mol. The predicted octanol–water partition coefficient (Wildman–Crippen LogP) is 3.94. The van der Waals surface area contributed by atoms with E-state index in [1.54, 1.807) is 17.3 Å². The summed E-state index contributed by atoms with van der Waals surface area (Å²) >= 11 is 7.41. The Morgan fingerprint density at radius 3 is 2.37 bits per heavy atom. The Labute approximate surface area is 167 Å². The summed E-state index contributed by atoms with van der Waals surface area (Å²) in [5, 5.41) is 9.99. The Hall–Kier alpha value is -2.38. The first-order valence-electron chi connectivity index (χ1n) is 8.66. The van der Waals surface area contributed by atoms with Gasteiger partial charge in [0.25, 0.3) is 0 Å². The Bertz CT molecular complexity index is 894. The lowest BCUT2D eigenvalue weighted by Gasteiger charge is -2.18. The zero-order valence-corrected chi connectivity index (χ0v) is 16.7. The van der Waals surface area contributed by atoms with E-state index in [9.17, 15) is 4.79 Å². The highest BCUT2D eigenvalue weighted by Gasteiger charge is 2.18. The second-order valence-corrected chi connectivity index (χ2v) is 7.09. The molecule has 0 unspecified atom stereocenters. The molecule has 27 heavy (non-hydrogen) atoms. The summed E-state index contributed by atoms with van der Waals surface area (Å²) in [5.74, 6) is 1.09. The number of hydrogen-bond acceptors (Lipinski definition) is 5. The maximum Gasteiger partial charge on any atom is 0.233 e. The minimum atomic E-state index is 0.0844. The number of nitrogens with zero attached hydrogens (tertiary/aromatic N) is 5. The Kier molecular flexibility index (Phi) is 6.47. The first-order chi connectivity index (χ1) is 13.1. The fourth-order valence-electron chi connectivity index (χ4n) is 2.67. The van der Waals surface area contributed by atoms with Gasteiger partial charge in [-0.3, -0.25) is 14.3 Å². The average Bonchev–Trinajstić information content (AvgIpc) is 3.12. The number of benzene rings is 1. The molecule has 0 saturated carbocycles. The number of amides is 1. The first-order valence-corrected chi connectivity index (χ1v) is 10.0. The average molecular weight is 402 g/mol. The van der Waals surface area contributed by atoms with Crippen molar-refractivity contribution in [3.63, 3.8) is 0 Å². The van der Waals surface area contributed by atoms with Crippen LogP contribution >= 0.6 is 23.4 Å². The second-order valence-electron chi connectivity index (χ2n) is 5.71. The molecule has 0 aliphatic heterocycles. The van der Waals surface area contributed by atoms with Crippen LogP contribution in [0.25, 0.3) is 17.1 Å². The molecule has 0 fully saturated rings. The molecule has 0 aliphatic rings. The van der Waals surface area contributed by atoms with E-state index in [-0.39, 0.29) is 5.91 Å². The minimum absolute atomic E-state index is 0.0844. The van der Waals surface area contributed by atoms with Crippen molar-refractivity contribution < 1.29 is 4.79 Å². The molecule has 0 aliphatic carbocycles. The van der Waals surface area contributed by atoms with E-state index < -0.39 is 0 Å². The summed E-state index contributed by atoms with van der Waals surface area (Å²) < 4.78 is 1.94. The lowest BCUT2D eigenvalue weighted by Crippen LogP contribution is -2.31. The van der Waals surface area contributed by atoms with Crippen molar-refractivity contribution in [3.8, 4) is 17.1 Å².